The Morgan fingerprint density at radius 2 is 1.96 bits per heavy atom. The first-order valence-electron chi connectivity index (χ1n) is 8.46. The molecule has 1 aliphatic rings. The molecule has 4 rings (SSSR count). The SMILES string of the molecule is O=C(NC1CCN(c2cc(-c3ccc(F)cc3)[nH]n2)C1)c1ccncc1. The van der Waals surface area contributed by atoms with Crippen molar-refractivity contribution in [2.24, 2.45) is 0 Å². The number of pyridine rings is 1. The van der Waals surface area contributed by atoms with Crippen LogP contribution in [-0.2, 0) is 0 Å². The van der Waals surface area contributed by atoms with Crippen molar-refractivity contribution in [1.29, 1.82) is 0 Å². The summed E-state index contributed by atoms with van der Waals surface area (Å²) in [5, 5.41) is 10.4. The Hall–Kier alpha value is -3.22. The quantitative estimate of drug-likeness (QED) is 0.758. The number of rotatable bonds is 4. The molecule has 7 heteroatoms. The molecule has 3 aromatic rings. The third kappa shape index (κ3) is 3.42. The highest BCUT2D eigenvalue weighted by Crippen LogP contribution is 2.24. The number of nitrogens with zero attached hydrogens (tertiary/aromatic N) is 3. The summed E-state index contributed by atoms with van der Waals surface area (Å²) in [4.78, 5) is 18.3. The third-order valence-corrected chi connectivity index (χ3v) is 4.51. The van der Waals surface area contributed by atoms with Gasteiger partial charge in [-0.1, -0.05) is 0 Å². The number of halogens is 1. The minimum absolute atomic E-state index is 0.0710. The molecule has 0 spiro atoms. The van der Waals surface area contributed by atoms with Gasteiger partial charge in [0, 0.05) is 43.2 Å². The minimum Gasteiger partial charge on any atom is -0.353 e. The van der Waals surface area contributed by atoms with E-state index < -0.39 is 0 Å². The molecule has 1 atom stereocenters. The van der Waals surface area contributed by atoms with Crippen LogP contribution in [0.3, 0.4) is 0 Å². The molecule has 0 radical (unpaired) electrons. The van der Waals surface area contributed by atoms with Gasteiger partial charge < -0.3 is 10.2 Å². The lowest BCUT2D eigenvalue weighted by Crippen LogP contribution is -2.37. The number of carbonyl (C=O) groups is 1. The summed E-state index contributed by atoms with van der Waals surface area (Å²) < 4.78 is 13.1. The van der Waals surface area contributed by atoms with Crippen LogP contribution in [0.25, 0.3) is 11.3 Å². The number of amides is 1. The van der Waals surface area contributed by atoms with Crippen molar-refractivity contribution in [2.75, 3.05) is 18.0 Å². The number of aromatic amines is 1. The average Bonchev–Trinajstić information content (AvgIpc) is 3.32. The summed E-state index contributed by atoms with van der Waals surface area (Å²) >= 11 is 0. The zero-order valence-corrected chi connectivity index (χ0v) is 14.0. The van der Waals surface area contributed by atoms with Crippen LogP contribution in [-0.4, -0.2) is 40.2 Å². The number of nitrogens with one attached hydrogen (secondary N) is 2. The molecular formula is C19H18FN5O. The maximum absolute atomic E-state index is 13.1. The topological polar surface area (TPSA) is 73.9 Å². The fourth-order valence-electron chi connectivity index (χ4n) is 3.11. The van der Waals surface area contributed by atoms with E-state index in [9.17, 15) is 9.18 Å². The number of H-pyrrole nitrogens is 1. The van der Waals surface area contributed by atoms with E-state index in [1.165, 1.54) is 12.1 Å². The Morgan fingerprint density at radius 3 is 2.73 bits per heavy atom. The van der Waals surface area contributed by atoms with E-state index in [0.29, 0.717) is 12.1 Å². The first kappa shape index (κ1) is 16.3. The molecule has 1 fully saturated rings. The molecule has 1 aliphatic heterocycles. The molecule has 26 heavy (non-hydrogen) atoms. The Labute approximate surface area is 150 Å². The van der Waals surface area contributed by atoms with Gasteiger partial charge >= 0.3 is 0 Å². The number of anilines is 1. The molecule has 1 saturated heterocycles. The second-order valence-electron chi connectivity index (χ2n) is 6.29. The summed E-state index contributed by atoms with van der Waals surface area (Å²) in [6.07, 6.45) is 4.07. The molecule has 0 bridgehead atoms. The van der Waals surface area contributed by atoms with Gasteiger partial charge in [0.2, 0.25) is 0 Å². The van der Waals surface area contributed by atoms with E-state index in [1.807, 2.05) is 6.07 Å². The molecule has 0 aliphatic carbocycles. The normalized spacial score (nSPS) is 16.7. The number of hydrogen-bond acceptors (Lipinski definition) is 4. The predicted molar refractivity (Wildman–Crippen MR) is 96.3 cm³/mol. The lowest BCUT2D eigenvalue weighted by atomic mass is 10.1. The first-order valence-corrected chi connectivity index (χ1v) is 8.46. The Morgan fingerprint density at radius 1 is 1.19 bits per heavy atom. The van der Waals surface area contributed by atoms with Gasteiger partial charge in [-0.15, -0.1) is 0 Å². The van der Waals surface area contributed by atoms with Crippen LogP contribution in [0.4, 0.5) is 10.2 Å². The van der Waals surface area contributed by atoms with Gasteiger partial charge in [-0.05, 0) is 48.4 Å². The number of carbonyl (C=O) groups excluding carboxylic acids is 1. The summed E-state index contributed by atoms with van der Waals surface area (Å²) in [7, 11) is 0. The molecule has 6 nitrogen and oxygen atoms in total. The number of benzene rings is 1. The van der Waals surface area contributed by atoms with E-state index in [4.69, 9.17) is 0 Å². The third-order valence-electron chi connectivity index (χ3n) is 4.51. The molecule has 1 aromatic carbocycles. The van der Waals surface area contributed by atoms with Gasteiger partial charge in [-0.2, -0.15) is 5.10 Å². The van der Waals surface area contributed by atoms with Crippen LogP contribution < -0.4 is 10.2 Å². The monoisotopic (exact) mass is 351 g/mol. The van der Waals surface area contributed by atoms with Crippen LogP contribution in [0.15, 0.2) is 54.9 Å². The highest BCUT2D eigenvalue weighted by molar-refractivity contribution is 5.94. The molecule has 1 unspecified atom stereocenters. The van der Waals surface area contributed by atoms with Gasteiger partial charge in [0.1, 0.15) is 5.82 Å². The van der Waals surface area contributed by atoms with E-state index in [2.05, 4.69) is 25.4 Å². The van der Waals surface area contributed by atoms with Crippen molar-refractivity contribution in [2.45, 2.75) is 12.5 Å². The predicted octanol–water partition coefficient (Wildman–Crippen LogP) is 2.62. The largest absolute Gasteiger partial charge is 0.353 e. The van der Waals surface area contributed by atoms with E-state index in [1.54, 1.807) is 36.7 Å². The van der Waals surface area contributed by atoms with Gasteiger partial charge in [0.05, 0.1) is 5.69 Å². The van der Waals surface area contributed by atoms with Crippen molar-refractivity contribution in [3.8, 4) is 11.3 Å². The van der Waals surface area contributed by atoms with Crippen LogP contribution in [0.1, 0.15) is 16.8 Å². The standard InChI is InChI=1S/C19H18FN5O/c20-15-3-1-13(2-4-15)17-11-18(24-23-17)25-10-7-16(12-25)22-19(26)14-5-8-21-9-6-14/h1-6,8-9,11,16H,7,10,12H2,(H,22,26)(H,23,24). The number of hydrogen-bond donors (Lipinski definition) is 2. The van der Waals surface area contributed by atoms with E-state index in [-0.39, 0.29) is 17.8 Å². The van der Waals surface area contributed by atoms with Crippen LogP contribution >= 0.6 is 0 Å². The van der Waals surface area contributed by atoms with Crippen LogP contribution in [0, 0.1) is 5.82 Å². The Balaban J connectivity index is 1.40. The Kier molecular flexibility index (Phi) is 4.35. The van der Waals surface area contributed by atoms with E-state index in [0.717, 1.165) is 30.0 Å². The van der Waals surface area contributed by atoms with Crippen molar-refractivity contribution in [1.82, 2.24) is 20.5 Å². The highest BCUT2D eigenvalue weighted by Gasteiger charge is 2.26. The van der Waals surface area contributed by atoms with E-state index >= 15 is 0 Å². The summed E-state index contributed by atoms with van der Waals surface area (Å²) in [6.45, 7) is 1.51. The minimum atomic E-state index is -0.263. The van der Waals surface area contributed by atoms with Gasteiger partial charge in [0.25, 0.3) is 5.91 Å². The van der Waals surface area contributed by atoms with Crippen LogP contribution in [0.2, 0.25) is 0 Å². The second kappa shape index (κ2) is 6.95. The fourth-order valence-corrected chi connectivity index (χ4v) is 3.11. The van der Waals surface area contributed by atoms with Gasteiger partial charge in [-0.25, -0.2) is 4.39 Å². The van der Waals surface area contributed by atoms with Crippen molar-refractivity contribution in [3.63, 3.8) is 0 Å². The molecule has 2 N–H and O–H groups in total. The first-order chi connectivity index (χ1) is 12.7. The van der Waals surface area contributed by atoms with Gasteiger partial charge in [0.15, 0.2) is 5.82 Å². The molecule has 2 aromatic heterocycles. The number of aromatic nitrogens is 3. The summed E-state index contributed by atoms with van der Waals surface area (Å²) in [5.74, 6) is 0.471. The molecular weight excluding hydrogens is 333 g/mol. The lowest BCUT2D eigenvalue weighted by Gasteiger charge is -2.16. The van der Waals surface area contributed by atoms with Crippen molar-refractivity contribution < 1.29 is 9.18 Å². The Bertz CT molecular complexity index is 894. The zero-order valence-electron chi connectivity index (χ0n) is 14.0. The molecule has 3 heterocycles. The average molecular weight is 351 g/mol. The van der Waals surface area contributed by atoms with Crippen molar-refractivity contribution >= 4 is 11.7 Å². The molecule has 1 amide bonds. The molecule has 132 valence electrons. The van der Waals surface area contributed by atoms with Crippen molar-refractivity contribution in [3.05, 3.63) is 66.2 Å². The van der Waals surface area contributed by atoms with Crippen LogP contribution in [0.5, 0.6) is 0 Å². The maximum Gasteiger partial charge on any atom is 0.251 e. The lowest BCUT2D eigenvalue weighted by molar-refractivity contribution is 0.0940. The second-order valence-corrected chi connectivity index (χ2v) is 6.29. The summed E-state index contributed by atoms with van der Waals surface area (Å²) in [6, 6.07) is 11.7. The van der Waals surface area contributed by atoms with Gasteiger partial charge in [-0.3, -0.25) is 14.9 Å². The molecule has 0 saturated carbocycles. The fraction of sp³-hybridized carbons (Fsp3) is 0.211. The maximum atomic E-state index is 13.1. The highest BCUT2D eigenvalue weighted by atomic mass is 19.1. The zero-order chi connectivity index (χ0) is 17.9. The summed E-state index contributed by atoms with van der Waals surface area (Å²) in [5.41, 5.74) is 2.33. The smallest absolute Gasteiger partial charge is 0.251 e.